The molecule has 0 spiro atoms. The molecule has 0 radical (unpaired) electrons. The van der Waals surface area contributed by atoms with E-state index >= 15 is 0 Å². The van der Waals surface area contributed by atoms with Crippen molar-refractivity contribution in [2.45, 2.75) is 31.3 Å². The summed E-state index contributed by atoms with van der Waals surface area (Å²) in [6.07, 6.45) is 3.25. The minimum absolute atomic E-state index is 0.0138. The number of anilines is 1. The molecule has 0 unspecified atom stereocenters. The molecule has 0 saturated carbocycles. The van der Waals surface area contributed by atoms with Crippen LogP contribution in [-0.2, 0) is 16.6 Å². The summed E-state index contributed by atoms with van der Waals surface area (Å²) in [5, 5.41) is 7.08. The molecule has 0 aliphatic heterocycles. The first-order chi connectivity index (χ1) is 13.0. The first kappa shape index (κ1) is 22.4. The number of nitrogens with one attached hydrogen (secondary N) is 1. The van der Waals surface area contributed by atoms with Crippen molar-refractivity contribution >= 4 is 33.2 Å². The molecule has 10 heteroatoms. The highest BCUT2D eigenvalue weighted by Crippen LogP contribution is 2.24. The van der Waals surface area contributed by atoms with Crippen LogP contribution >= 0.6 is 11.6 Å². The fourth-order valence-electron chi connectivity index (χ4n) is 2.33. The number of benzene rings is 1. The van der Waals surface area contributed by atoms with E-state index in [0.29, 0.717) is 12.2 Å². The number of carbonyl (C=O) groups is 1. The smallest absolute Gasteiger partial charge is 0.257 e. The van der Waals surface area contributed by atoms with Crippen LogP contribution in [0.5, 0.6) is 0 Å². The summed E-state index contributed by atoms with van der Waals surface area (Å²) in [5.41, 5.74) is 0.591. The standard InChI is InChI=1S/C18H26ClN5O3S/c1-13(2)23(5)28(26,27)15-6-7-17(19)16(10-15)18(25)21-14-11-20-24(12-14)9-8-22(3)4/h6-7,10-13H,8-9H2,1-5H3,(H,21,25). The Kier molecular flexibility index (Phi) is 7.22. The third-order valence-corrected chi connectivity index (χ3v) is 6.61. The average Bonchev–Trinajstić information content (AvgIpc) is 3.06. The summed E-state index contributed by atoms with van der Waals surface area (Å²) in [5.74, 6) is -0.499. The Morgan fingerprint density at radius 1 is 1.29 bits per heavy atom. The molecule has 1 amide bonds. The van der Waals surface area contributed by atoms with Crippen molar-refractivity contribution < 1.29 is 13.2 Å². The van der Waals surface area contributed by atoms with Gasteiger partial charge in [0.25, 0.3) is 5.91 Å². The van der Waals surface area contributed by atoms with Crippen molar-refractivity contribution in [2.75, 3.05) is 33.0 Å². The molecule has 1 aromatic carbocycles. The van der Waals surface area contributed by atoms with E-state index in [0.717, 1.165) is 6.54 Å². The van der Waals surface area contributed by atoms with Crippen LogP contribution in [0.25, 0.3) is 0 Å². The van der Waals surface area contributed by atoms with Gasteiger partial charge in [-0.1, -0.05) is 11.6 Å². The van der Waals surface area contributed by atoms with E-state index in [1.54, 1.807) is 24.7 Å². The molecule has 0 bridgehead atoms. The second kappa shape index (κ2) is 9.04. The maximum atomic E-state index is 12.7. The van der Waals surface area contributed by atoms with E-state index in [2.05, 4.69) is 10.4 Å². The van der Waals surface area contributed by atoms with Crippen molar-refractivity contribution in [3.63, 3.8) is 0 Å². The number of hydrogen-bond donors (Lipinski definition) is 1. The molecule has 0 atom stereocenters. The van der Waals surface area contributed by atoms with E-state index in [1.165, 1.54) is 35.7 Å². The lowest BCUT2D eigenvalue weighted by atomic mass is 10.2. The first-order valence-corrected chi connectivity index (χ1v) is 10.6. The number of amides is 1. The Hall–Kier alpha value is -1.94. The van der Waals surface area contributed by atoms with Crippen LogP contribution < -0.4 is 5.32 Å². The third kappa shape index (κ3) is 5.32. The summed E-state index contributed by atoms with van der Waals surface area (Å²) in [4.78, 5) is 14.7. The summed E-state index contributed by atoms with van der Waals surface area (Å²) < 4.78 is 28.3. The minimum atomic E-state index is -3.72. The van der Waals surface area contributed by atoms with Gasteiger partial charge >= 0.3 is 0 Å². The molecule has 0 saturated heterocycles. The molecule has 0 aliphatic rings. The lowest BCUT2D eigenvalue weighted by molar-refractivity contribution is 0.102. The predicted octanol–water partition coefficient (Wildman–Crippen LogP) is 2.38. The summed E-state index contributed by atoms with van der Waals surface area (Å²) in [6, 6.07) is 3.89. The van der Waals surface area contributed by atoms with Crippen LogP contribution in [0.15, 0.2) is 35.5 Å². The highest BCUT2D eigenvalue weighted by Gasteiger charge is 2.25. The van der Waals surface area contributed by atoms with Crippen LogP contribution in [0.3, 0.4) is 0 Å². The third-order valence-electron chi connectivity index (χ3n) is 4.25. The Balaban J connectivity index is 2.22. The van der Waals surface area contributed by atoms with Crippen molar-refractivity contribution in [1.82, 2.24) is 19.0 Å². The molecule has 2 rings (SSSR count). The number of nitrogens with zero attached hydrogens (tertiary/aromatic N) is 4. The van der Waals surface area contributed by atoms with Crippen LogP contribution in [0.2, 0.25) is 5.02 Å². The van der Waals surface area contributed by atoms with Gasteiger partial charge in [0.1, 0.15) is 0 Å². The van der Waals surface area contributed by atoms with Crippen LogP contribution in [0.1, 0.15) is 24.2 Å². The fraction of sp³-hybridized carbons (Fsp3) is 0.444. The number of hydrogen-bond acceptors (Lipinski definition) is 5. The van der Waals surface area contributed by atoms with Crippen molar-refractivity contribution in [3.05, 3.63) is 41.2 Å². The second-order valence-electron chi connectivity index (χ2n) is 7.01. The van der Waals surface area contributed by atoms with Gasteiger partial charge in [0.2, 0.25) is 10.0 Å². The van der Waals surface area contributed by atoms with Gasteiger partial charge < -0.3 is 10.2 Å². The Labute approximate surface area is 171 Å². The number of sulfonamides is 1. The Morgan fingerprint density at radius 3 is 2.57 bits per heavy atom. The second-order valence-corrected chi connectivity index (χ2v) is 9.41. The van der Waals surface area contributed by atoms with Crippen molar-refractivity contribution in [2.24, 2.45) is 0 Å². The van der Waals surface area contributed by atoms with Gasteiger partial charge in [-0.05, 0) is 46.1 Å². The van der Waals surface area contributed by atoms with E-state index in [4.69, 9.17) is 11.6 Å². The first-order valence-electron chi connectivity index (χ1n) is 8.78. The van der Waals surface area contributed by atoms with Crippen molar-refractivity contribution in [1.29, 1.82) is 0 Å². The van der Waals surface area contributed by atoms with Crippen LogP contribution in [0, 0.1) is 0 Å². The number of likely N-dealkylation sites (N-methyl/N-ethyl adjacent to an activating group) is 1. The maximum absolute atomic E-state index is 12.7. The van der Waals surface area contributed by atoms with Gasteiger partial charge in [-0.15, -0.1) is 0 Å². The number of rotatable bonds is 8. The van der Waals surface area contributed by atoms with Gasteiger partial charge in [0.05, 0.1) is 33.9 Å². The summed E-state index contributed by atoms with van der Waals surface area (Å²) >= 11 is 6.14. The zero-order chi connectivity index (χ0) is 21.1. The lowest BCUT2D eigenvalue weighted by Gasteiger charge is -2.21. The highest BCUT2D eigenvalue weighted by atomic mass is 35.5. The van der Waals surface area contributed by atoms with Crippen LogP contribution in [-0.4, -0.2) is 67.0 Å². The Morgan fingerprint density at radius 2 is 1.96 bits per heavy atom. The molecule has 1 heterocycles. The summed E-state index contributed by atoms with van der Waals surface area (Å²) in [7, 11) is 1.70. The van der Waals surface area contributed by atoms with E-state index in [-0.39, 0.29) is 21.5 Å². The number of halogens is 1. The molecule has 8 nitrogen and oxygen atoms in total. The molecule has 154 valence electrons. The van der Waals surface area contributed by atoms with E-state index in [1.807, 2.05) is 19.0 Å². The van der Waals surface area contributed by atoms with Gasteiger partial charge in [-0.3, -0.25) is 9.48 Å². The topological polar surface area (TPSA) is 87.5 Å². The monoisotopic (exact) mass is 427 g/mol. The normalized spacial score (nSPS) is 12.2. The molecule has 1 aromatic heterocycles. The SMILES string of the molecule is CC(C)N(C)S(=O)(=O)c1ccc(Cl)c(C(=O)Nc2cnn(CCN(C)C)c2)c1. The molecule has 0 fully saturated rings. The van der Waals surface area contributed by atoms with Gasteiger partial charge in [-0.25, -0.2) is 8.42 Å². The van der Waals surface area contributed by atoms with Crippen LogP contribution in [0.4, 0.5) is 5.69 Å². The Bertz CT molecular complexity index is 940. The molecular weight excluding hydrogens is 402 g/mol. The van der Waals surface area contributed by atoms with Crippen molar-refractivity contribution in [3.8, 4) is 0 Å². The fourth-order valence-corrected chi connectivity index (χ4v) is 3.93. The van der Waals surface area contributed by atoms with Gasteiger partial charge in [0.15, 0.2) is 0 Å². The summed E-state index contributed by atoms with van der Waals surface area (Å²) in [6.45, 7) is 5.03. The molecule has 28 heavy (non-hydrogen) atoms. The largest absolute Gasteiger partial charge is 0.319 e. The zero-order valence-corrected chi connectivity index (χ0v) is 18.3. The molecule has 1 N–H and O–H groups in total. The highest BCUT2D eigenvalue weighted by molar-refractivity contribution is 7.89. The molecular formula is C18H26ClN5O3S. The maximum Gasteiger partial charge on any atom is 0.257 e. The average molecular weight is 428 g/mol. The quantitative estimate of drug-likeness (QED) is 0.698. The molecule has 0 aliphatic carbocycles. The van der Waals surface area contributed by atoms with E-state index < -0.39 is 15.9 Å². The molecule has 2 aromatic rings. The minimum Gasteiger partial charge on any atom is -0.319 e. The predicted molar refractivity (Wildman–Crippen MR) is 110 cm³/mol. The lowest BCUT2D eigenvalue weighted by Crippen LogP contribution is -2.33. The van der Waals surface area contributed by atoms with Gasteiger partial charge in [0, 0.05) is 25.8 Å². The number of carbonyl (C=O) groups excluding carboxylic acids is 1. The van der Waals surface area contributed by atoms with E-state index in [9.17, 15) is 13.2 Å². The zero-order valence-electron chi connectivity index (χ0n) is 16.7. The number of aromatic nitrogens is 2. The van der Waals surface area contributed by atoms with Gasteiger partial charge in [-0.2, -0.15) is 9.40 Å².